The fraction of sp³-hybridized carbons (Fsp3) is 0.440. The molecule has 3 aromatic heterocycles. The number of methoxy groups -OCH3 is 1. The first kappa shape index (κ1) is 22.7. The lowest BCUT2D eigenvalue weighted by Crippen LogP contribution is -2.46. The lowest BCUT2D eigenvalue weighted by molar-refractivity contribution is -0.131. The van der Waals surface area contributed by atoms with Crippen LogP contribution in [0, 0.1) is 6.92 Å². The molecule has 9 heteroatoms. The maximum Gasteiger partial charge on any atom is 0.229 e. The largest absolute Gasteiger partial charge is 0.481 e. The van der Waals surface area contributed by atoms with Gasteiger partial charge in [0.05, 0.1) is 29.8 Å². The number of nitrogens with one attached hydrogen (secondary N) is 1. The molecule has 5 heterocycles. The van der Waals surface area contributed by atoms with Crippen LogP contribution in [0.25, 0.3) is 11.1 Å². The van der Waals surface area contributed by atoms with Crippen LogP contribution in [0.5, 0.6) is 5.88 Å². The Morgan fingerprint density at radius 2 is 2.12 bits per heavy atom. The number of pyridine rings is 2. The molecule has 2 aliphatic rings. The summed E-state index contributed by atoms with van der Waals surface area (Å²) >= 11 is 6.36. The Hall–Kier alpha value is -3.13. The Labute approximate surface area is 204 Å². The van der Waals surface area contributed by atoms with Gasteiger partial charge in [-0.3, -0.25) is 9.48 Å². The van der Waals surface area contributed by atoms with Crippen molar-refractivity contribution in [3.8, 4) is 17.0 Å². The molecule has 0 saturated carbocycles. The molecule has 1 spiro atoms. The number of halogens is 1. The van der Waals surface area contributed by atoms with Crippen molar-refractivity contribution in [1.29, 1.82) is 0 Å². The molecule has 2 aliphatic heterocycles. The lowest BCUT2D eigenvalue weighted by Gasteiger charge is -2.36. The number of carbonyl (C=O) groups is 1. The molecule has 1 fully saturated rings. The fourth-order valence-electron chi connectivity index (χ4n) is 5.14. The first-order valence-corrected chi connectivity index (χ1v) is 11.9. The van der Waals surface area contributed by atoms with Gasteiger partial charge in [0.15, 0.2) is 0 Å². The Balaban J connectivity index is 1.33. The highest BCUT2D eigenvalue weighted by Crippen LogP contribution is 2.39. The standard InChI is InChI=1S/C25H29ClN6O2/c1-15(19-10-22(34-4)27-12-21(19)26)24(33)32-8-7-25(14-32)6-5-17-9-20(16(2)29-23(17)30-25)18-11-28-31(3)13-18/h9-13,15H,5-8,14H2,1-4H3,(H,29,30)/t15-,25-/m1/s1. The van der Waals surface area contributed by atoms with Crippen LogP contribution in [0.2, 0.25) is 5.02 Å². The zero-order valence-electron chi connectivity index (χ0n) is 19.9. The van der Waals surface area contributed by atoms with Gasteiger partial charge < -0.3 is 15.0 Å². The lowest BCUT2D eigenvalue weighted by atomic mass is 9.86. The van der Waals surface area contributed by atoms with Gasteiger partial charge in [-0.25, -0.2) is 9.97 Å². The summed E-state index contributed by atoms with van der Waals surface area (Å²) in [6.07, 6.45) is 8.20. The van der Waals surface area contributed by atoms with E-state index in [2.05, 4.69) is 21.5 Å². The first-order valence-electron chi connectivity index (χ1n) is 11.5. The zero-order chi connectivity index (χ0) is 24.0. The third-order valence-corrected chi connectivity index (χ3v) is 7.45. The van der Waals surface area contributed by atoms with Crippen LogP contribution in [-0.2, 0) is 18.3 Å². The molecule has 178 valence electrons. The maximum atomic E-state index is 13.4. The average Bonchev–Trinajstić information content (AvgIpc) is 3.44. The predicted molar refractivity (Wildman–Crippen MR) is 131 cm³/mol. The Kier molecular flexibility index (Phi) is 5.72. The van der Waals surface area contributed by atoms with Gasteiger partial charge in [0.25, 0.3) is 0 Å². The van der Waals surface area contributed by atoms with E-state index in [0.717, 1.165) is 47.5 Å². The number of nitrogens with zero attached hydrogens (tertiary/aromatic N) is 5. The summed E-state index contributed by atoms with van der Waals surface area (Å²) in [6, 6.07) is 3.98. The van der Waals surface area contributed by atoms with Crippen molar-refractivity contribution in [2.75, 3.05) is 25.5 Å². The van der Waals surface area contributed by atoms with Crippen molar-refractivity contribution in [3.63, 3.8) is 0 Å². The number of ether oxygens (including phenoxy) is 1. The van der Waals surface area contributed by atoms with E-state index in [0.29, 0.717) is 24.0 Å². The summed E-state index contributed by atoms with van der Waals surface area (Å²) in [6.45, 7) is 5.28. The van der Waals surface area contributed by atoms with Gasteiger partial charge in [0.1, 0.15) is 5.82 Å². The van der Waals surface area contributed by atoms with E-state index in [4.69, 9.17) is 21.3 Å². The molecule has 5 rings (SSSR count). The normalized spacial score (nSPS) is 20.2. The number of hydrogen-bond donors (Lipinski definition) is 1. The van der Waals surface area contributed by atoms with Gasteiger partial charge in [0, 0.05) is 55.4 Å². The number of rotatable bonds is 4. The van der Waals surface area contributed by atoms with Crippen molar-refractivity contribution in [3.05, 3.63) is 52.6 Å². The molecule has 0 unspecified atom stereocenters. The van der Waals surface area contributed by atoms with Crippen molar-refractivity contribution >= 4 is 23.3 Å². The molecule has 0 aliphatic carbocycles. The molecule has 0 radical (unpaired) electrons. The number of anilines is 1. The highest BCUT2D eigenvalue weighted by atomic mass is 35.5. The first-order chi connectivity index (χ1) is 16.3. The molecule has 8 nitrogen and oxygen atoms in total. The van der Waals surface area contributed by atoms with Gasteiger partial charge in [-0.2, -0.15) is 5.10 Å². The number of amides is 1. The van der Waals surface area contributed by atoms with Crippen LogP contribution in [0.15, 0.2) is 30.7 Å². The summed E-state index contributed by atoms with van der Waals surface area (Å²) in [5, 5.41) is 8.48. The minimum atomic E-state index is -0.377. The van der Waals surface area contributed by atoms with Crippen LogP contribution in [0.1, 0.15) is 42.5 Å². The molecule has 1 N–H and O–H groups in total. The van der Waals surface area contributed by atoms with E-state index >= 15 is 0 Å². The Morgan fingerprint density at radius 1 is 1.29 bits per heavy atom. The highest BCUT2D eigenvalue weighted by Gasteiger charge is 2.43. The van der Waals surface area contributed by atoms with E-state index in [1.165, 1.54) is 5.56 Å². The SMILES string of the molecule is COc1cc([C@@H](C)C(=O)N2CC[C@]3(CCc4cc(-c5cnn(C)c5)c(C)nc4N3)C2)c(Cl)cn1. The number of fused-ring (bicyclic) bond motifs is 1. The highest BCUT2D eigenvalue weighted by molar-refractivity contribution is 6.31. The van der Waals surface area contributed by atoms with E-state index in [1.807, 2.05) is 42.9 Å². The smallest absolute Gasteiger partial charge is 0.229 e. The van der Waals surface area contributed by atoms with E-state index in [-0.39, 0.29) is 17.4 Å². The molecule has 0 bridgehead atoms. The summed E-state index contributed by atoms with van der Waals surface area (Å²) < 4.78 is 7.03. The third-order valence-electron chi connectivity index (χ3n) is 7.14. The van der Waals surface area contributed by atoms with E-state index in [9.17, 15) is 4.79 Å². The average molecular weight is 481 g/mol. The quantitative estimate of drug-likeness (QED) is 0.608. The summed E-state index contributed by atoms with van der Waals surface area (Å²) in [5.74, 6) is 1.07. The van der Waals surface area contributed by atoms with Crippen LogP contribution in [0.3, 0.4) is 0 Å². The van der Waals surface area contributed by atoms with Gasteiger partial charge in [-0.1, -0.05) is 11.6 Å². The number of likely N-dealkylation sites (tertiary alicyclic amines) is 1. The zero-order valence-corrected chi connectivity index (χ0v) is 20.7. The molecule has 2 atom stereocenters. The second kappa shape index (κ2) is 8.58. The third kappa shape index (κ3) is 4.00. The monoisotopic (exact) mass is 480 g/mol. The number of aromatic nitrogens is 4. The Bertz CT molecular complexity index is 1260. The number of carbonyl (C=O) groups excluding carboxylic acids is 1. The summed E-state index contributed by atoms with van der Waals surface area (Å²) in [4.78, 5) is 24.4. The molecule has 0 aromatic carbocycles. The minimum absolute atomic E-state index is 0.0655. The van der Waals surface area contributed by atoms with E-state index < -0.39 is 0 Å². The van der Waals surface area contributed by atoms with Crippen molar-refractivity contribution in [1.82, 2.24) is 24.6 Å². The van der Waals surface area contributed by atoms with Crippen LogP contribution >= 0.6 is 11.6 Å². The van der Waals surface area contributed by atoms with Crippen molar-refractivity contribution in [2.24, 2.45) is 7.05 Å². The second-order valence-electron chi connectivity index (χ2n) is 9.42. The fourth-order valence-corrected chi connectivity index (χ4v) is 5.40. The van der Waals surface area contributed by atoms with Gasteiger partial charge in [-0.15, -0.1) is 0 Å². The molecule has 3 aromatic rings. The minimum Gasteiger partial charge on any atom is -0.481 e. The van der Waals surface area contributed by atoms with Crippen molar-refractivity contribution in [2.45, 2.75) is 44.6 Å². The van der Waals surface area contributed by atoms with Gasteiger partial charge >= 0.3 is 0 Å². The molecule has 1 amide bonds. The van der Waals surface area contributed by atoms with Crippen LogP contribution in [0.4, 0.5) is 5.82 Å². The summed E-state index contributed by atoms with van der Waals surface area (Å²) in [7, 11) is 3.47. The molecular weight excluding hydrogens is 452 g/mol. The topological polar surface area (TPSA) is 85.2 Å². The molecular formula is C25H29ClN6O2. The molecule has 1 saturated heterocycles. The predicted octanol–water partition coefficient (Wildman–Crippen LogP) is 3.98. The van der Waals surface area contributed by atoms with Crippen LogP contribution < -0.4 is 10.1 Å². The van der Waals surface area contributed by atoms with E-state index in [1.54, 1.807) is 19.4 Å². The van der Waals surface area contributed by atoms with Gasteiger partial charge in [-0.05, 0) is 50.3 Å². The number of hydrogen-bond acceptors (Lipinski definition) is 6. The summed E-state index contributed by atoms with van der Waals surface area (Å²) in [5.41, 5.74) is 4.96. The molecule has 34 heavy (non-hydrogen) atoms. The van der Waals surface area contributed by atoms with Crippen molar-refractivity contribution < 1.29 is 9.53 Å². The van der Waals surface area contributed by atoms with Gasteiger partial charge in [0.2, 0.25) is 11.8 Å². The maximum absolute atomic E-state index is 13.4. The van der Waals surface area contributed by atoms with Crippen LogP contribution in [-0.4, -0.2) is 56.3 Å². The Morgan fingerprint density at radius 3 is 2.85 bits per heavy atom. The second-order valence-corrected chi connectivity index (χ2v) is 9.82. The number of aryl methyl sites for hydroxylation is 3.